The number of anilines is 1. The molecule has 0 aliphatic carbocycles. The van der Waals surface area contributed by atoms with Crippen LogP contribution in [0.15, 0.2) is 42.5 Å². The van der Waals surface area contributed by atoms with E-state index in [0.29, 0.717) is 30.8 Å². The Kier molecular flexibility index (Phi) is 4.27. The lowest BCUT2D eigenvalue weighted by Crippen LogP contribution is -2.38. The van der Waals surface area contributed by atoms with E-state index in [-0.39, 0.29) is 11.8 Å². The zero-order valence-electron chi connectivity index (χ0n) is 14.7. The minimum atomic E-state index is -0.395. The Morgan fingerprint density at radius 3 is 2.70 bits per heavy atom. The minimum Gasteiger partial charge on any atom is -0.465 e. The molecule has 2 heterocycles. The number of methoxy groups -OCH3 is 1. The minimum absolute atomic E-state index is 0.245. The van der Waals surface area contributed by atoms with E-state index in [1.54, 1.807) is 17.0 Å². The normalized spacial score (nSPS) is 13.3. The Bertz CT molecular complexity index is 1030. The van der Waals surface area contributed by atoms with Gasteiger partial charge < -0.3 is 19.9 Å². The fraction of sp³-hybridized carbons (Fsp3) is 0.200. The van der Waals surface area contributed by atoms with Crippen LogP contribution in [0.25, 0.3) is 10.9 Å². The van der Waals surface area contributed by atoms with Gasteiger partial charge in [0.1, 0.15) is 5.82 Å². The van der Waals surface area contributed by atoms with Gasteiger partial charge in [0.2, 0.25) is 0 Å². The average molecular weight is 367 g/mol. The summed E-state index contributed by atoms with van der Waals surface area (Å²) >= 11 is 0. The molecule has 2 amide bonds. The van der Waals surface area contributed by atoms with Crippen LogP contribution in [0.1, 0.15) is 21.6 Å². The van der Waals surface area contributed by atoms with E-state index in [4.69, 9.17) is 4.74 Å². The molecule has 1 aromatic heterocycles. The molecule has 6 nitrogen and oxygen atoms in total. The second-order valence-electron chi connectivity index (χ2n) is 6.44. The summed E-state index contributed by atoms with van der Waals surface area (Å²) in [6.45, 7) is 0.990. The monoisotopic (exact) mass is 367 g/mol. The number of amides is 2. The fourth-order valence-electron chi connectivity index (χ4n) is 3.37. The van der Waals surface area contributed by atoms with E-state index in [2.05, 4.69) is 10.3 Å². The molecule has 27 heavy (non-hydrogen) atoms. The van der Waals surface area contributed by atoms with Crippen molar-refractivity contribution in [1.82, 2.24) is 9.88 Å². The highest BCUT2D eigenvalue weighted by atomic mass is 19.1. The molecule has 4 rings (SSSR count). The van der Waals surface area contributed by atoms with Crippen LogP contribution in [-0.4, -0.2) is 35.5 Å². The van der Waals surface area contributed by atoms with Crippen molar-refractivity contribution >= 4 is 28.6 Å². The van der Waals surface area contributed by atoms with Gasteiger partial charge >= 0.3 is 12.0 Å². The van der Waals surface area contributed by atoms with E-state index < -0.39 is 5.97 Å². The highest BCUT2D eigenvalue weighted by Crippen LogP contribution is 2.29. The van der Waals surface area contributed by atoms with Crippen LogP contribution in [0, 0.1) is 5.82 Å². The Morgan fingerprint density at radius 2 is 1.96 bits per heavy atom. The Morgan fingerprint density at radius 1 is 1.19 bits per heavy atom. The number of rotatable bonds is 2. The molecular formula is C20H18FN3O3. The number of urea groups is 1. The van der Waals surface area contributed by atoms with Crippen molar-refractivity contribution in [3.8, 4) is 0 Å². The molecule has 0 bridgehead atoms. The maximum Gasteiger partial charge on any atom is 0.337 e. The first-order chi connectivity index (χ1) is 13.0. The number of H-pyrrole nitrogens is 1. The molecule has 0 fully saturated rings. The lowest BCUT2D eigenvalue weighted by molar-refractivity contribution is 0.0601. The quantitative estimate of drug-likeness (QED) is 0.679. The van der Waals surface area contributed by atoms with Gasteiger partial charge in [-0.2, -0.15) is 0 Å². The van der Waals surface area contributed by atoms with Gasteiger partial charge in [-0.1, -0.05) is 0 Å². The third-order valence-corrected chi connectivity index (χ3v) is 4.78. The molecule has 0 spiro atoms. The zero-order chi connectivity index (χ0) is 19.0. The number of nitrogens with zero attached hydrogens (tertiary/aromatic N) is 1. The van der Waals surface area contributed by atoms with Gasteiger partial charge in [-0.05, 0) is 42.5 Å². The number of hydrogen-bond donors (Lipinski definition) is 2. The van der Waals surface area contributed by atoms with Crippen LogP contribution < -0.4 is 5.32 Å². The molecular weight excluding hydrogens is 349 g/mol. The Balaban J connectivity index is 1.58. The van der Waals surface area contributed by atoms with Crippen LogP contribution >= 0.6 is 0 Å². The van der Waals surface area contributed by atoms with Gasteiger partial charge in [0.05, 0.1) is 12.7 Å². The predicted octanol–water partition coefficient (Wildman–Crippen LogP) is 3.68. The van der Waals surface area contributed by atoms with Crippen LogP contribution in [0.5, 0.6) is 0 Å². The number of halogens is 1. The van der Waals surface area contributed by atoms with Crippen molar-refractivity contribution < 1.29 is 18.7 Å². The fourth-order valence-corrected chi connectivity index (χ4v) is 3.37. The highest BCUT2D eigenvalue weighted by molar-refractivity contribution is 5.96. The molecule has 2 N–H and O–H groups in total. The van der Waals surface area contributed by atoms with E-state index >= 15 is 0 Å². The number of nitrogens with one attached hydrogen (secondary N) is 2. The van der Waals surface area contributed by atoms with Crippen LogP contribution in [-0.2, 0) is 17.7 Å². The molecule has 0 saturated heterocycles. The third-order valence-electron chi connectivity index (χ3n) is 4.78. The maximum atomic E-state index is 13.0. The first-order valence-electron chi connectivity index (χ1n) is 8.58. The summed E-state index contributed by atoms with van der Waals surface area (Å²) in [4.78, 5) is 29.5. The molecule has 0 radical (unpaired) electrons. The largest absolute Gasteiger partial charge is 0.465 e. The summed E-state index contributed by atoms with van der Waals surface area (Å²) in [5, 5.41) is 3.69. The number of benzene rings is 2. The van der Waals surface area contributed by atoms with Crippen molar-refractivity contribution in [3.05, 3.63) is 65.1 Å². The lowest BCUT2D eigenvalue weighted by Gasteiger charge is -2.27. The van der Waals surface area contributed by atoms with Crippen molar-refractivity contribution in [1.29, 1.82) is 0 Å². The molecule has 0 saturated carbocycles. The van der Waals surface area contributed by atoms with Crippen molar-refractivity contribution in [3.63, 3.8) is 0 Å². The summed E-state index contributed by atoms with van der Waals surface area (Å²) in [5.41, 5.74) is 4.00. The number of esters is 1. The van der Waals surface area contributed by atoms with E-state index in [1.165, 1.54) is 31.4 Å². The predicted molar refractivity (Wildman–Crippen MR) is 99.2 cm³/mol. The number of ether oxygens (including phenoxy) is 1. The summed E-state index contributed by atoms with van der Waals surface area (Å²) in [6.07, 6.45) is 0.689. The van der Waals surface area contributed by atoms with E-state index in [1.807, 2.05) is 6.07 Å². The molecule has 138 valence electrons. The van der Waals surface area contributed by atoms with Crippen molar-refractivity contribution in [2.45, 2.75) is 13.0 Å². The van der Waals surface area contributed by atoms with Gasteiger partial charge in [-0.15, -0.1) is 0 Å². The molecule has 2 aromatic carbocycles. The number of hydrogen-bond acceptors (Lipinski definition) is 3. The SMILES string of the molecule is COC(=O)c1ccc2[nH]c3c(c2c1)CN(C(=O)Nc1ccc(F)cc1)CC3. The number of carbonyl (C=O) groups excluding carboxylic acids is 2. The van der Waals surface area contributed by atoms with Gasteiger partial charge in [0.25, 0.3) is 0 Å². The number of fused-ring (bicyclic) bond motifs is 3. The Labute approximate surface area is 154 Å². The number of aromatic amines is 1. The maximum absolute atomic E-state index is 13.0. The zero-order valence-corrected chi connectivity index (χ0v) is 14.7. The van der Waals surface area contributed by atoms with Gasteiger partial charge in [-0.25, -0.2) is 14.0 Å². The highest BCUT2D eigenvalue weighted by Gasteiger charge is 2.24. The average Bonchev–Trinajstić information content (AvgIpc) is 3.06. The molecule has 0 atom stereocenters. The summed E-state index contributed by atoms with van der Waals surface area (Å²) in [7, 11) is 1.35. The van der Waals surface area contributed by atoms with E-state index in [9.17, 15) is 14.0 Å². The number of aromatic nitrogens is 1. The van der Waals surface area contributed by atoms with Crippen molar-refractivity contribution in [2.75, 3.05) is 19.0 Å². The molecule has 7 heteroatoms. The molecule has 1 aliphatic heterocycles. The second-order valence-corrected chi connectivity index (χ2v) is 6.44. The molecule has 0 unspecified atom stereocenters. The van der Waals surface area contributed by atoms with Crippen molar-refractivity contribution in [2.24, 2.45) is 0 Å². The van der Waals surface area contributed by atoms with Gasteiger partial charge in [0, 0.05) is 47.4 Å². The Hall–Kier alpha value is -3.35. The first-order valence-corrected chi connectivity index (χ1v) is 8.58. The first kappa shape index (κ1) is 17.1. The second kappa shape index (κ2) is 6.75. The van der Waals surface area contributed by atoms with Gasteiger partial charge in [-0.3, -0.25) is 0 Å². The standard InChI is InChI=1S/C20H18FN3O3/c1-27-19(25)12-2-7-17-15(10-12)16-11-24(9-8-18(16)23-17)20(26)22-14-5-3-13(21)4-6-14/h2-7,10,23H,8-9,11H2,1H3,(H,22,26). The number of carbonyl (C=O) groups is 2. The van der Waals surface area contributed by atoms with Gasteiger partial charge in [0.15, 0.2) is 0 Å². The molecule has 3 aromatic rings. The third kappa shape index (κ3) is 3.23. The topological polar surface area (TPSA) is 74.4 Å². The summed E-state index contributed by atoms with van der Waals surface area (Å²) < 4.78 is 17.8. The molecule has 1 aliphatic rings. The lowest BCUT2D eigenvalue weighted by atomic mass is 10.0. The van der Waals surface area contributed by atoms with Crippen LogP contribution in [0.4, 0.5) is 14.9 Å². The smallest absolute Gasteiger partial charge is 0.337 e. The summed E-state index contributed by atoms with van der Waals surface area (Å²) in [6, 6.07) is 10.8. The van der Waals surface area contributed by atoms with E-state index in [0.717, 1.165) is 22.2 Å². The van der Waals surface area contributed by atoms with Crippen LogP contribution in [0.3, 0.4) is 0 Å². The summed E-state index contributed by atoms with van der Waals surface area (Å²) in [5.74, 6) is -0.746. The van der Waals surface area contributed by atoms with Crippen LogP contribution in [0.2, 0.25) is 0 Å².